The van der Waals surface area contributed by atoms with Gasteiger partial charge in [0.05, 0.1) is 11.1 Å². The highest BCUT2D eigenvalue weighted by Gasteiger charge is 2.47. The van der Waals surface area contributed by atoms with Crippen molar-refractivity contribution in [2.24, 2.45) is 0 Å². The maximum absolute atomic E-state index is 13.1. The summed E-state index contributed by atoms with van der Waals surface area (Å²) >= 11 is 0. The van der Waals surface area contributed by atoms with Crippen LogP contribution in [0.5, 0.6) is 11.5 Å². The molecule has 0 aliphatic carbocycles. The molecular formula is C14H7F6NO3. The zero-order valence-corrected chi connectivity index (χ0v) is 11.8. The predicted molar refractivity (Wildman–Crippen MR) is 68.0 cm³/mol. The van der Waals surface area contributed by atoms with Crippen molar-refractivity contribution in [3.8, 4) is 11.5 Å². The van der Waals surface area contributed by atoms with E-state index in [1.54, 1.807) is 0 Å². The van der Waals surface area contributed by atoms with Crippen LogP contribution in [0, 0.1) is 6.92 Å². The van der Waals surface area contributed by atoms with E-state index >= 15 is 0 Å². The lowest BCUT2D eigenvalue weighted by Gasteiger charge is -2.17. The van der Waals surface area contributed by atoms with Crippen LogP contribution in [0.15, 0.2) is 12.1 Å². The first-order valence-corrected chi connectivity index (χ1v) is 6.43. The van der Waals surface area contributed by atoms with Crippen LogP contribution in [0.4, 0.5) is 26.3 Å². The molecule has 0 saturated carbocycles. The number of Topliss-reactive ketones (excluding diaryl/α,β-unsaturated/α-hetero) is 1. The fraction of sp³-hybridized carbons (Fsp3) is 0.286. The molecule has 1 aliphatic heterocycles. The van der Waals surface area contributed by atoms with E-state index in [2.05, 4.69) is 4.98 Å². The highest BCUT2D eigenvalue weighted by Crippen LogP contribution is 2.41. The molecule has 24 heavy (non-hydrogen) atoms. The van der Waals surface area contributed by atoms with Gasteiger partial charge in [-0.1, -0.05) is 0 Å². The van der Waals surface area contributed by atoms with Crippen molar-refractivity contribution in [3.05, 3.63) is 29.0 Å². The Morgan fingerprint density at radius 2 is 1.67 bits per heavy atom. The number of hydrogen-bond acceptors (Lipinski definition) is 4. The van der Waals surface area contributed by atoms with Crippen LogP contribution in [0.3, 0.4) is 0 Å². The summed E-state index contributed by atoms with van der Waals surface area (Å²) in [6, 6.07) is 2.33. The number of fused-ring (bicyclic) bond motifs is 2. The van der Waals surface area contributed by atoms with Gasteiger partial charge >= 0.3 is 12.4 Å². The highest BCUT2D eigenvalue weighted by atomic mass is 19.4. The molecule has 0 N–H and O–H groups in total. The van der Waals surface area contributed by atoms with Crippen LogP contribution in [0.2, 0.25) is 0 Å². The van der Waals surface area contributed by atoms with Crippen LogP contribution in [0.25, 0.3) is 10.9 Å². The van der Waals surface area contributed by atoms with Crippen molar-refractivity contribution in [3.63, 3.8) is 0 Å². The Hall–Kier alpha value is -2.52. The SMILES string of the molecule is Cc1c(C(=O)C(F)(F)F)c(C(F)(F)F)nc2cc3c(cc12)OCO3. The van der Waals surface area contributed by atoms with Crippen molar-refractivity contribution in [2.45, 2.75) is 19.3 Å². The summed E-state index contributed by atoms with van der Waals surface area (Å²) in [4.78, 5) is 14.7. The van der Waals surface area contributed by atoms with E-state index in [0.717, 1.165) is 13.0 Å². The van der Waals surface area contributed by atoms with Gasteiger partial charge in [-0.2, -0.15) is 26.3 Å². The van der Waals surface area contributed by atoms with Gasteiger partial charge in [-0.15, -0.1) is 0 Å². The quantitative estimate of drug-likeness (QED) is 0.575. The molecular weight excluding hydrogens is 344 g/mol. The molecule has 0 spiro atoms. The molecule has 0 fully saturated rings. The Bertz CT molecular complexity index is 856. The molecule has 1 aromatic carbocycles. The first kappa shape index (κ1) is 16.3. The molecule has 4 nitrogen and oxygen atoms in total. The minimum Gasteiger partial charge on any atom is -0.454 e. The number of benzene rings is 1. The summed E-state index contributed by atoms with van der Waals surface area (Å²) in [6.45, 7) is 0.825. The van der Waals surface area contributed by atoms with Crippen LogP contribution in [-0.2, 0) is 6.18 Å². The Morgan fingerprint density at radius 3 is 2.21 bits per heavy atom. The largest absolute Gasteiger partial charge is 0.454 e. The van der Waals surface area contributed by atoms with Gasteiger partial charge in [0.1, 0.15) is 0 Å². The van der Waals surface area contributed by atoms with Crippen LogP contribution in [-0.4, -0.2) is 23.7 Å². The van der Waals surface area contributed by atoms with Crippen molar-refractivity contribution < 1.29 is 40.6 Å². The minimum atomic E-state index is -5.46. The summed E-state index contributed by atoms with van der Waals surface area (Å²) < 4.78 is 87.6. The van der Waals surface area contributed by atoms with Gasteiger partial charge < -0.3 is 9.47 Å². The van der Waals surface area contributed by atoms with Crippen molar-refractivity contribution in [2.75, 3.05) is 6.79 Å². The Balaban J connectivity index is 2.38. The van der Waals surface area contributed by atoms with E-state index in [4.69, 9.17) is 9.47 Å². The van der Waals surface area contributed by atoms with Crippen molar-refractivity contribution in [1.82, 2.24) is 4.98 Å². The van der Waals surface area contributed by atoms with E-state index in [1.807, 2.05) is 0 Å². The summed E-state index contributed by atoms with van der Waals surface area (Å²) in [6.07, 6.45) is -10.7. The molecule has 1 aromatic heterocycles. The molecule has 0 bridgehead atoms. The predicted octanol–water partition coefficient (Wildman–Crippen LogP) is 4.04. The lowest BCUT2D eigenvalue weighted by atomic mass is 9.97. The lowest BCUT2D eigenvalue weighted by molar-refractivity contribution is -0.141. The Morgan fingerprint density at radius 1 is 1.08 bits per heavy atom. The molecule has 2 aromatic rings. The van der Waals surface area contributed by atoms with E-state index in [9.17, 15) is 31.1 Å². The molecule has 0 atom stereocenters. The minimum absolute atomic E-state index is 0.0557. The Labute approximate surface area is 130 Å². The number of alkyl halides is 6. The van der Waals surface area contributed by atoms with Gasteiger partial charge in [-0.3, -0.25) is 4.79 Å². The fourth-order valence-electron chi connectivity index (χ4n) is 2.44. The Kier molecular flexibility index (Phi) is 3.40. The van der Waals surface area contributed by atoms with Crippen LogP contribution >= 0.6 is 0 Å². The van der Waals surface area contributed by atoms with E-state index in [-0.39, 0.29) is 29.2 Å². The fourth-order valence-corrected chi connectivity index (χ4v) is 2.44. The number of aromatic nitrogens is 1. The first-order valence-electron chi connectivity index (χ1n) is 6.43. The van der Waals surface area contributed by atoms with Crippen LogP contribution < -0.4 is 9.47 Å². The molecule has 128 valence electrons. The van der Waals surface area contributed by atoms with E-state index < -0.39 is 35.0 Å². The second kappa shape index (κ2) is 4.99. The number of halogens is 6. The monoisotopic (exact) mass is 351 g/mol. The maximum Gasteiger partial charge on any atom is 0.454 e. The molecule has 10 heteroatoms. The number of hydrogen-bond donors (Lipinski definition) is 0. The van der Waals surface area contributed by atoms with E-state index in [1.165, 1.54) is 6.07 Å². The molecule has 3 rings (SSSR count). The number of ketones is 1. The van der Waals surface area contributed by atoms with E-state index in [0.29, 0.717) is 0 Å². The number of carbonyl (C=O) groups excluding carboxylic acids is 1. The maximum atomic E-state index is 13.1. The standard InChI is InChI=1S/C14H7F6NO3/c1-5-6-2-8-9(24-4-23-8)3-7(6)21-11(13(15,16)17)10(5)12(22)14(18,19)20/h2-3H,4H2,1H3. The molecule has 0 unspecified atom stereocenters. The molecule has 1 aliphatic rings. The topological polar surface area (TPSA) is 48.4 Å². The number of ether oxygens (including phenoxy) is 2. The number of nitrogens with zero attached hydrogens (tertiary/aromatic N) is 1. The highest BCUT2D eigenvalue weighted by molar-refractivity contribution is 6.06. The van der Waals surface area contributed by atoms with Gasteiger partial charge in [0.15, 0.2) is 17.2 Å². The van der Waals surface area contributed by atoms with Gasteiger partial charge in [-0.05, 0) is 18.6 Å². The summed E-state index contributed by atoms with van der Waals surface area (Å²) in [5.74, 6) is -2.32. The van der Waals surface area contributed by atoms with Crippen LogP contribution in [0.1, 0.15) is 21.6 Å². The first-order chi connectivity index (χ1) is 11.0. The average molecular weight is 351 g/mol. The summed E-state index contributed by atoms with van der Waals surface area (Å²) in [5.41, 5.74) is -4.12. The van der Waals surface area contributed by atoms with Gasteiger partial charge in [-0.25, -0.2) is 4.98 Å². The second-order valence-electron chi connectivity index (χ2n) is 5.01. The van der Waals surface area contributed by atoms with Crippen molar-refractivity contribution in [1.29, 1.82) is 0 Å². The lowest BCUT2D eigenvalue weighted by Crippen LogP contribution is -2.28. The van der Waals surface area contributed by atoms with Gasteiger partial charge in [0, 0.05) is 11.5 Å². The molecule has 0 amide bonds. The number of rotatable bonds is 1. The average Bonchev–Trinajstić information content (AvgIpc) is 2.90. The summed E-state index contributed by atoms with van der Waals surface area (Å²) in [7, 11) is 0. The number of aryl methyl sites for hydroxylation is 1. The third-order valence-corrected chi connectivity index (χ3v) is 3.49. The molecule has 0 radical (unpaired) electrons. The second-order valence-corrected chi connectivity index (χ2v) is 5.01. The zero-order valence-electron chi connectivity index (χ0n) is 11.8. The molecule has 2 heterocycles. The molecule has 0 saturated heterocycles. The number of carbonyl (C=O) groups is 1. The number of pyridine rings is 1. The van der Waals surface area contributed by atoms with Gasteiger partial charge in [0.25, 0.3) is 5.78 Å². The third-order valence-electron chi connectivity index (χ3n) is 3.49. The van der Waals surface area contributed by atoms with Gasteiger partial charge in [0.2, 0.25) is 6.79 Å². The summed E-state index contributed by atoms with van der Waals surface area (Å²) in [5, 5.41) is -0.0557. The smallest absolute Gasteiger partial charge is 0.454 e. The zero-order chi connectivity index (χ0) is 17.9. The normalized spacial score (nSPS) is 14.3. The third kappa shape index (κ3) is 2.51. The van der Waals surface area contributed by atoms with Crippen molar-refractivity contribution >= 4 is 16.7 Å².